The first-order chi connectivity index (χ1) is 38.7. The highest BCUT2D eigenvalue weighted by Gasteiger charge is 2.24. The predicted molar refractivity (Wildman–Crippen MR) is 319 cm³/mol. The average Bonchev–Trinajstić information content (AvgIpc) is 4.52. The van der Waals surface area contributed by atoms with Crippen molar-refractivity contribution in [3.05, 3.63) is 243 Å². The van der Waals surface area contributed by atoms with E-state index in [2.05, 4.69) is 237 Å². The molecule has 0 fully saturated rings. The van der Waals surface area contributed by atoms with Gasteiger partial charge in [-0.1, -0.05) is 140 Å². The van der Waals surface area contributed by atoms with Crippen molar-refractivity contribution in [3.63, 3.8) is 0 Å². The monoisotopic (exact) mass is 996 g/mol. The molecule has 18 rings (SSSR count). The zero-order chi connectivity index (χ0) is 50.7. The maximum Gasteiger partial charge on any atom is 0.238 e. The van der Waals surface area contributed by atoms with Crippen molar-refractivity contribution < 1.29 is 8.83 Å². The van der Waals surface area contributed by atoms with Gasteiger partial charge in [0.15, 0.2) is 0 Å². The molecule has 0 aliphatic heterocycles. The number of fused-ring (bicyclic) bond motifs is 18. The molecule has 78 heavy (non-hydrogen) atoms. The van der Waals surface area contributed by atoms with Gasteiger partial charge in [0.1, 0.15) is 34.0 Å². The SMILES string of the molecule is c1ccc(-n2c3ccccc3c3cc(-c4ccc5c(c4)c4ccccc4n5-c4nc(-n5c6ccccc6c6cc7c(cc65)oc5ccccc57)cc(-n5c6ccccc6c6cc7c(cc65)oc5ccccc57)n4)ccc32)cc1. The minimum Gasteiger partial charge on any atom is -0.456 e. The lowest BCUT2D eigenvalue weighted by molar-refractivity contribution is 0.669. The number of aromatic nitrogens is 6. The fourth-order valence-electron chi connectivity index (χ4n) is 13.0. The van der Waals surface area contributed by atoms with Crippen molar-refractivity contribution in [2.24, 2.45) is 0 Å². The minimum absolute atomic E-state index is 0.545. The van der Waals surface area contributed by atoms with E-state index in [1.807, 2.05) is 24.3 Å². The van der Waals surface area contributed by atoms with Crippen molar-refractivity contribution in [2.75, 3.05) is 0 Å². The van der Waals surface area contributed by atoms with Crippen molar-refractivity contribution in [3.8, 4) is 34.4 Å². The molecule has 0 N–H and O–H groups in total. The Balaban J connectivity index is 0.908. The maximum atomic E-state index is 6.60. The summed E-state index contributed by atoms with van der Waals surface area (Å²) in [4.78, 5) is 11.4. The summed E-state index contributed by atoms with van der Waals surface area (Å²) in [6.07, 6.45) is 0. The van der Waals surface area contributed by atoms with Crippen LogP contribution >= 0.6 is 0 Å². The lowest BCUT2D eigenvalue weighted by atomic mass is 10.0. The summed E-state index contributed by atoms with van der Waals surface area (Å²) in [5.41, 5.74) is 15.2. The molecule has 0 aliphatic rings. The van der Waals surface area contributed by atoms with E-state index in [9.17, 15) is 0 Å². The Kier molecular flexibility index (Phi) is 8.24. The lowest BCUT2D eigenvalue weighted by Gasteiger charge is -2.15. The quantitative estimate of drug-likeness (QED) is 0.172. The summed E-state index contributed by atoms with van der Waals surface area (Å²) < 4.78 is 22.4. The Labute approximate surface area is 443 Å². The molecule has 0 radical (unpaired) electrons. The van der Waals surface area contributed by atoms with E-state index in [1.54, 1.807) is 0 Å². The van der Waals surface area contributed by atoms with Gasteiger partial charge >= 0.3 is 0 Å². The van der Waals surface area contributed by atoms with Crippen LogP contribution in [-0.4, -0.2) is 28.2 Å². The molecule has 8 nitrogen and oxygen atoms in total. The molecule has 7 aromatic heterocycles. The molecule has 8 heteroatoms. The third kappa shape index (κ3) is 5.72. The topological polar surface area (TPSA) is 71.8 Å². The summed E-state index contributed by atoms with van der Waals surface area (Å²) in [5.74, 6) is 1.99. The average molecular weight is 997 g/mol. The number of furan rings is 2. The van der Waals surface area contributed by atoms with Gasteiger partial charge in [-0.25, -0.2) is 0 Å². The highest BCUT2D eigenvalue weighted by atomic mass is 16.3. The Morgan fingerprint density at radius 2 is 0.603 bits per heavy atom. The molecule has 0 bridgehead atoms. The molecule has 0 spiro atoms. The number of benzene rings is 11. The van der Waals surface area contributed by atoms with Crippen LogP contribution in [-0.2, 0) is 0 Å². The normalized spacial score (nSPS) is 12.4. The van der Waals surface area contributed by atoms with Gasteiger partial charge in [-0.15, -0.1) is 0 Å². The van der Waals surface area contributed by atoms with Gasteiger partial charge < -0.3 is 13.4 Å². The minimum atomic E-state index is 0.545. The van der Waals surface area contributed by atoms with Gasteiger partial charge in [-0.3, -0.25) is 13.7 Å². The lowest BCUT2D eigenvalue weighted by Crippen LogP contribution is -2.10. The third-order valence-corrected chi connectivity index (χ3v) is 16.4. The van der Waals surface area contributed by atoms with Gasteiger partial charge in [0.05, 0.1) is 44.1 Å². The molecule has 0 aliphatic carbocycles. The zero-order valence-electron chi connectivity index (χ0n) is 41.6. The molecule has 11 aromatic carbocycles. The molecule has 0 saturated carbocycles. The molecule has 0 atom stereocenters. The van der Waals surface area contributed by atoms with Crippen LogP contribution in [0.2, 0.25) is 0 Å². The summed E-state index contributed by atoms with van der Waals surface area (Å²) in [5, 5.41) is 13.5. The molecule has 7 heterocycles. The highest BCUT2D eigenvalue weighted by molar-refractivity contribution is 6.19. The van der Waals surface area contributed by atoms with E-state index < -0.39 is 0 Å². The van der Waals surface area contributed by atoms with E-state index in [-0.39, 0.29) is 0 Å². The fraction of sp³-hybridized carbons (Fsp3) is 0. The summed E-state index contributed by atoms with van der Waals surface area (Å²) in [6, 6.07) is 86.6. The van der Waals surface area contributed by atoms with E-state index in [0.717, 1.165) is 138 Å². The summed E-state index contributed by atoms with van der Waals surface area (Å²) >= 11 is 0. The Morgan fingerprint density at radius 1 is 0.231 bits per heavy atom. The van der Waals surface area contributed by atoms with Crippen molar-refractivity contribution in [2.45, 2.75) is 0 Å². The second kappa shape index (κ2) is 15.4. The maximum absolute atomic E-state index is 6.60. The first kappa shape index (κ1) is 41.6. The first-order valence-electron chi connectivity index (χ1n) is 26.4. The predicted octanol–water partition coefficient (Wildman–Crippen LogP) is 18.3. The summed E-state index contributed by atoms with van der Waals surface area (Å²) in [7, 11) is 0. The van der Waals surface area contributed by atoms with Crippen molar-refractivity contribution in [1.29, 1.82) is 0 Å². The number of para-hydroxylation sites is 7. The Morgan fingerprint density at radius 3 is 1.09 bits per heavy atom. The van der Waals surface area contributed by atoms with E-state index in [0.29, 0.717) is 5.95 Å². The number of rotatable bonds is 5. The standard InChI is InChI=1S/C70H40N6O2/c1-2-16-43(17-3-1)73-56-24-10-4-18-44(56)50-34-41(30-32-60(50)73)42-31-33-61-51(35-42)45-19-7-13-27-59(45)76(61)70-71-68(74-57-25-11-5-20-46(57)52-36-54-48-22-8-14-28-64(48)77-66(54)38-62(52)74)40-69(72-70)75-58-26-12-6-21-47(58)53-37-55-49-23-9-15-29-65(49)78-67(55)39-63(53)75/h1-40H. The number of hydrogen-bond donors (Lipinski definition) is 0. The van der Waals surface area contributed by atoms with Gasteiger partial charge in [-0.2, -0.15) is 9.97 Å². The molecule has 362 valence electrons. The van der Waals surface area contributed by atoms with Crippen LogP contribution < -0.4 is 0 Å². The van der Waals surface area contributed by atoms with E-state index in [4.69, 9.17) is 18.8 Å². The van der Waals surface area contributed by atoms with Crippen LogP contribution in [0.5, 0.6) is 0 Å². The fourth-order valence-corrected chi connectivity index (χ4v) is 13.0. The van der Waals surface area contributed by atoms with E-state index >= 15 is 0 Å². The second-order valence-electron chi connectivity index (χ2n) is 20.5. The van der Waals surface area contributed by atoms with Gasteiger partial charge in [0.2, 0.25) is 5.95 Å². The summed E-state index contributed by atoms with van der Waals surface area (Å²) in [6.45, 7) is 0. The highest BCUT2D eigenvalue weighted by Crippen LogP contribution is 2.43. The molecular weight excluding hydrogens is 957 g/mol. The van der Waals surface area contributed by atoms with E-state index in [1.165, 1.54) is 21.8 Å². The molecule has 0 saturated heterocycles. The van der Waals surface area contributed by atoms with Gasteiger partial charge in [0, 0.05) is 88.5 Å². The van der Waals surface area contributed by atoms with Crippen LogP contribution in [0, 0.1) is 0 Å². The van der Waals surface area contributed by atoms with Crippen LogP contribution in [0.25, 0.3) is 165 Å². The Bertz CT molecular complexity index is 5380. The first-order valence-corrected chi connectivity index (χ1v) is 26.4. The van der Waals surface area contributed by atoms with Crippen LogP contribution in [0.3, 0.4) is 0 Å². The zero-order valence-corrected chi connectivity index (χ0v) is 41.6. The number of hydrogen-bond acceptors (Lipinski definition) is 4. The second-order valence-corrected chi connectivity index (χ2v) is 20.5. The third-order valence-electron chi connectivity index (χ3n) is 16.4. The molecule has 0 unspecified atom stereocenters. The number of nitrogens with zero attached hydrogens (tertiary/aromatic N) is 6. The molecule has 0 amide bonds. The van der Waals surface area contributed by atoms with Crippen LogP contribution in [0.4, 0.5) is 0 Å². The van der Waals surface area contributed by atoms with Crippen molar-refractivity contribution in [1.82, 2.24) is 28.2 Å². The van der Waals surface area contributed by atoms with Gasteiger partial charge in [-0.05, 0) is 96.1 Å². The van der Waals surface area contributed by atoms with Crippen LogP contribution in [0.15, 0.2) is 251 Å². The smallest absolute Gasteiger partial charge is 0.238 e. The van der Waals surface area contributed by atoms with Crippen molar-refractivity contribution >= 4 is 131 Å². The molecular formula is C70H40N6O2. The van der Waals surface area contributed by atoms with Gasteiger partial charge in [0.25, 0.3) is 0 Å². The Hall–Kier alpha value is -10.7. The van der Waals surface area contributed by atoms with Crippen LogP contribution in [0.1, 0.15) is 0 Å². The largest absolute Gasteiger partial charge is 0.456 e. The molecule has 18 aromatic rings.